The number of nitrogens with one attached hydrogen (secondary N) is 1. The molecule has 0 saturated carbocycles. The molecule has 1 heterocycles. The number of thioether (sulfide) groups is 1. The van der Waals surface area contributed by atoms with Gasteiger partial charge in [0.05, 0.1) is 11.4 Å². The lowest BCUT2D eigenvalue weighted by Gasteiger charge is -2.06. The molecule has 24 heavy (non-hydrogen) atoms. The number of carbonyl (C=O) groups excluding carboxylic acids is 1. The molecule has 1 aromatic heterocycles. The van der Waals surface area contributed by atoms with Crippen molar-refractivity contribution in [2.24, 2.45) is 0 Å². The minimum Gasteiger partial charge on any atom is -0.325 e. The number of benzene rings is 2. The Morgan fingerprint density at radius 3 is 2.67 bits per heavy atom. The van der Waals surface area contributed by atoms with E-state index in [9.17, 15) is 4.79 Å². The number of tetrazole rings is 1. The summed E-state index contributed by atoms with van der Waals surface area (Å²) in [5.41, 5.74) is 1.41. The Bertz CT molecular complexity index is 853. The highest BCUT2D eigenvalue weighted by Gasteiger charge is 2.12. The van der Waals surface area contributed by atoms with Crippen molar-refractivity contribution in [3.63, 3.8) is 0 Å². The van der Waals surface area contributed by atoms with Gasteiger partial charge in [-0.3, -0.25) is 4.79 Å². The first-order valence-electron chi connectivity index (χ1n) is 6.84. The summed E-state index contributed by atoms with van der Waals surface area (Å²) < 4.78 is 1.55. The SMILES string of the molecule is O=C(CSc1nnnn1-c1ccc(Cl)cc1)Nc1cccc(Cl)c1. The zero-order valence-corrected chi connectivity index (χ0v) is 14.5. The van der Waals surface area contributed by atoms with Gasteiger partial charge in [0, 0.05) is 15.7 Å². The van der Waals surface area contributed by atoms with Crippen LogP contribution >= 0.6 is 35.0 Å². The Morgan fingerprint density at radius 1 is 1.12 bits per heavy atom. The average Bonchev–Trinajstić information content (AvgIpc) is 3.02. The summed E-state index contributed by atoms with van der Waals surface area (Å²) in [5.74, 6) is -0.00608. The van der Waals surface area contributed by atoms with E-state index in [4.69, 9.17) is 23.2 Å². The molecule has 122 valence electrons. The fourth-order valence-electron chi connectivity index (χ4n) is 1.91. The molecule has 1 amide bonds. The van der Waals surface area contributed by atoms with Gasteiger partial charge in [-0.15, -0.1) is 5.10 Å². The number of amides is 1. The Morgan fingerprint density at radius 2 is 1.92 bits per heavy atom. The van der Waals surface area contributed by atoms with Crippen LogP contribution in [0.5, 0.6) is 0 Å². The number of aromatic nitrogens is 4. The van der Waals surface area contributed by atoms with E-state index >= 15 is 0 Å². The van der Waals surface area contributed by atoms with Crippen molar-refractivity contribution in [2.45, 2.75) is 5.16 Å². The first kappa shape index (κ1) is 16.8. The van der Waals surface area contributed by atoms with E-state index in [1.54, 1.807) is 53.2 Å². The highest BCUT2D eigenvalue weighted by molar-refractivity contribution is 7.99. The molecule has 3 rings (SSSR count). The largest absolute Gasteiger partial charge is 0.325 e. The lowest BCUT2D eigenvalue weighted by atomic mass is 10.3. The van der Waals surface area contributed by atoms with Crippen LogP contribution in [0.2, 0.25) is 10.0 Å². The van der Waals surface area contributed by atoms with Crippen LogP contribution in [0.15, 0.2) is 53.7 Å². The van der Waals surface area contributed by atoms with E-state index in [1.807, 2.05) is 0 Å². The molecule has 0 unspecified atom stereocenters. The van der Waals surface area contributed by atoms with Gasteiger partial charge < -0.3 is 5.32 Å². The third-order valence-electron chi connectivity index (χ3n) is 2.95. The molecule has 0 aliphatic carbocycles. The van der Waals surface area contributed by atoms with Gasteiger partial charge in [0.15, 0.2) is 0 Å². The van der Waals surface area contributed by atoms with Gasteiger partial charge in [-0.25, -0.2) is 0 Å². The van der Waals surface area contributed by atoms with Crippen LogP contribution in [-0.4, -0.2) is 31.9 Å². The van der Waals surface area contributed by atoms with Gasteiger partial charge in [0.25, 0.3) is 0 Å². The maximum atomic E-state index is 12.0. The van der Waals surface area contributed by atoms with Gasteiger partial charge in [-0.05, 0) is 52.9 Å². The van der Waals surface area contributed by atoms with Gasteiger partial charge in [-0.2, -0.15) is 4.68 Å². The Balaban J connectivity index is 1.64. The number of rotatable bonds is 5. The second-order valence-electron chi connectivity index (χ2n) is 4.70. The maximum absolute atomic E-state index is 12.0. The summed E-state index contributed by atoms with van der Waals surface area (Å²) >= 11 is 13.0. The first-order valence-corrected chi connectivity index (χ1v) is 8.58. The highest BCUT2D eigenvalue weighted by Crippen LogP contribution is 2.20. The minimum absolute atomic E-state index is 0.167. The molecule has 9 heteroatoms. The van der Waals surface area contributed by atoms with Gasteiger partial charge >= 0.3 is 0 Å². The molecule has 0 atom stereocenters. The molecule has 0 aliphatic heterocycles. The molecule has 0 aliphatic rings. The summed E-state index contributed by atoms with van der Waals surface area (Å²) in [5, 5.41) is 16.0. The predicted molar refractivity (Wildman–Crippen MR) is 95.0 cm³/mol. The molecular formula is C15H11Cl2N5OS. The minimum atomic E-state index is -0.173. The van der Waals surface area contributed by atoms with E-state index in [0.717, 1.165) is 5.69 Å². The van der Waals surface area contributed by atoms with Crippen molar-refractivity contribution in [2.75, 3.05) is 11.1 Å². The molecule has 3 aromatic rings. The second kappa shape index (κ2) is 7.65. The van der Waals surface area contributed by atoms with Crippen LogP contribution < -0.4 is 5.32 Å². The van der Waals surface area contributed by atoms with Crippen LogP contribution in [0, 0.1) is 0 Å². The van der Waals surface area contributed by atoms with Crippen molar-refractivity contribution in [1.82, 2.24) is 20.2 Å². The fraction of sp³-hybridized carbons (Fsp3) is 0.0667. The lowest BCUT2D eigenvalue weighted by Crippen LogP contribution is -2.14. The molecule has 0 fully saturated rings. The van der Waals surface area contributed by atoms with Crippen molar-refractivity contribution in [3.8, 4) is 5.69 Å². The van der Waals surface area contributed by atoms with Crippen LogP contribution in [-0.2, 0) is 4.79 Å². The zero-order chi connectivity index (χ0) is 16.9. The van der Waals surface area contributed by atoms with Crippen molar-refractivity contribution in [1.29, 1.82) is 0 Å². The number of halogens is 2. The third-order valence-corrected chi connectivity index (χ3v) is 4.36. The number of hydrogen-bond donors (Lipinski definition) is 1. The average molecular weight is 380 g/mol. The molecule has 6 nitrogen and oxygen atoms in total. The fourth-order valence-corrected chi connectivity index (χ4v) is 2.91. The molecule has 0 radical (unpaired) electrons. The summed E-state index contributed by atoms with van der Waals surface area (Å²) in [7, 11) is 0. The number of hydrogen-bond acceptors (Lipinski definition) is 5. The highest BCUT2D eigenvalue weighted by atomic mass is 35.5. The molecule has 1 N–H and O–H groups in total. The maximum Gasteiger partial charge on any atom is 0.234 e. The first-order chi connectivity index (χ1) is 11.6. The van der Waals surface area contributed by atoms with Crippen LogP contribution in [0.25, 0.3) is 5.69 Å². The summed E-state index contributed by atoms with van der Waals surface area (Å²) in [6.45, 7) is 0. The van der Waals surface area contributed by atoms with Gasteiger partial charge in [-0.1, -0.05) is 41.0 Å². The standard InChI is InChI=1S/C15H11Cl2N5OS/c16-10-4-6-13(7-5-10)22-15(19-20-21-22)24-9-14(23)18-12-3-1-2-11(17)8-12/h1-8H,9H2,(H,18,23). The van der Waals surface area contributed by atoms with Gasteiger partial charge in [0.2, 0.25) is 11.1 Å². The smallest absolute Gasteiger partial charge is 0.234 e. The Hall–Kier alpha value is -2.09. The van der Waals surface area contributed by atoms with E-state index in [-0.39, 0.29) is 11.7 Å². The molecule has 2 aromatic carbocycles. The monoisotopic (exact) mass is 379 g/mol. The predicted octanol–water partition coefficient (Wildman–Crippen LogP) is 3.70. The molecular weight excluding hydrogens is 369 g/mol. The zero-order valence-electron chi connectivity index (χ0n) is 12.2. The Labute approximate surface area is 152 Å². The van der Waals surface area contributed by atoms with Gasteiger partial charge in [0.1, 0.15) is 0 Å². The topological polar surface area (TPSA) is 72.7 Å². The van der Waals surface area contributed by atoms with E-state index in [0.29, 0.717) is 20.9 Å². The summed E-state index contributed by atoms with van der Waals surface area (Å²) in [6, 6.07) is 14.1. The van der Waals surface area contributed by atoms with Crippen LogP contribution in [0.4, 0.5) is 5.69 Å². The van der Waals surface area contributed by atoms with Crippen molar-refractivity contribution >= 4 is 46.6 Å². The molecule has 0 bridgehead atoms. The normalized spacial score (nSPS) is 10.6. The number of carbonyl (C=O) groups is 1. The second-order valence-corrected chi connectivity index (χ2v) is 6.51. The van der Waals surface area contributed by atoms with E-state index in [2.05, 4.69) is 20.8 Å². The quantitative estimate of drug-likeness (QED) is 0.684. The lowest BCUT2D eigenvalue weighted by molar-refractivity contribution is -0.113. The van der Waals surface area contributed by atoms with Crippen LogP contribution in [0.1, 0.15) is 0 Å². The summed E-state index contributed by atoms with van der Waals surface area (Å²) in [6.07, 6.45) is 0. The van der Waals surface area contributed by atoms with E-state index in [1.165, 1.54) is 11.8 Å². The number of anilines is 1. The Kier molecular flexibility index (Phi) is 5.34. The third kappa shape index (κ3) is 4.25. The van der Waals surface area contributed by atoms with E-state index < -0.39 is 0 Å². The molecule has 0 spiro atoms. The summed E-state index contributed by atoms with van der Waals surface area (Å²) in [4.78, 5) is 12.0. The van der Waals surface area contributed by atoms with Crippen molar-refractivity contribution in [3.05, 3.63) is 58.6 Å². The van der Waals surface area contributed by atoms with Crippen molar-refractivity contribution < 1.29 is 4.79 Å². The van der Waals surface area contributed by atoms with Crippen LogP contribution in [0.3, 0.4) is 0 Å². The number of nitrogens with zero attached hydrogens (tertiary/aromatic N) is 4. The molecule has 0 saturated heterocycles.